The molecule has 1 fully saturated rings. The number of hydrogen-bond acceptors (Lipinski definition) is 3. The molecule has 0 saturated heterocycles. The highest BCUT2D eigenvalue weighted by Gasteiger charge is 2.31. The average Bonchev–Trinajstić information content (AvgIpc) is 2.07. The number of carbonyl (C=O) groups is 1. The van der Waals surface area contributed by atoms with Gasteiger partial charge in [0.05, 0.1) is 0 Å². The zero-order valence-corrected chi connectivity index (χ0v) is 6.71. The fourth-order valence-corrected chi connectivity index (χ4v) is 1.67. The van der Waals surface area contributed by atoms with Gasteiger partial charge in [0.2, 0.25) is 0 Å². The summed E-state index contributed by atoms with van der Waals surface area (Å²) < 4.78 is 5.01. The second-order valence-electron chi connectivity index (χ2n) is 3.16. The quantitative estimate of drug-likeness (QED) is 0.617. The molecule has 0 aromatic rings. The summed E-state index contributed by atoms with van der Waals surface area (Å²) in [5, 5.41) is 0. The highest BCUT2D eigenvalue weighted by molar-refractivity contribution is 5.38. The van der Waals surface area contributed by atoms with Gasteiger partial charge >= 0.3 is 0 Å². The van der Waals surface area contributed by atoms with Gasteiger partial charge in [-0.2, -0.15) is 0 Å². The monoisotopic (exact) mass is 157 g/mol. The van der Waals surface area contributed by atoms with E-state index in [9.17, 15) is 4.79 Å². The average molecular weight is 157 g/mol. The Morgan fingerprint density at radius 3 is 2.45 bits per heavy atom. The molecule has 0 spiro atoms. The van der Waals surface area contributed by atoms with Gasteiger partial charge in [-0.15, -0.1) is 0 Å². The summed E-state index contributed by atoms with van der Waals surface area (Å²) in [4.78, 5) is 10.2. The van der Waals surface area contributed by atoms with E-state index in [1.807, 2.05) is 0 Å². The van der Waals surface area contributed by atoms with E-state index in [4.69, 9.17) is 10.5 Å². The van der Waals surface area contributed by atoms with E-state index < -0.39 is 0 Å². The number of rotatable bonds is 3. The summed E-state index contributed by atoms with van der Waals surface area (Å²) in [6, 6.07) is 0. The Kier molecular flexibility index (Phi) is 2.88. The predicted octanol–water partition coefficient (Wildman–Crippen LogP) is 0.821. The lowest BCUT2D eigenvalue weighted by atomic mass is 9.85. The Labute approximate surface area is 66.9 Å². The smallest absolute Gasteiger partial charge is 0.293 e. The molecule has 0 unspecified atom stereocenters. The molecule has 1 aliphatic carbocycles. The fraction of sp³-hybridized carbons (Fsp3) is 0.875. The normalized spacial score (nSPS) is 22.6. The molecule has 64 valence electrons. The minimum Gasteiger partial charge on any atom is -0.460 e. The van der Waals surface area contributed by atoms with Crippen LogP contribution in [0.2, 0.25) is 0 Å². The van der Waals surface area contributed by atoms with Gasteiger partial charge in [-0.3, -0.25) is 4.79 Å². The summed E-state index contributed by atoms with van der Waals surface area (Å²) >= 11 is 0. The van der Waals surface area contributed by atoms with Gasteiger partial charge in [-0.25, -0.2) is 0 Å². The van der Waals surface area contributed by atoms with Gasteiger partial charge in [-0.1, -0.05) is 6.42 Å². The van der Waals surface area contributed by atoms with Gasteiger partial charge < -0.3 is 10.5 Å². The molecular weight excluding hydrogens is 142 g/mol. The number of ether oxygens (including phenoxy) is 1. The van der Waals surface area contributed by atoms with E-state index in [1.54, 1.807) is 0 Å². The van der Waals surface area contributed by atoms with Gasteiger partial charge in [0.1, 0.15) is 5.60 Å². The fourth-order valence-electron chi connectivity index (χ4n) is 1.67. The third-order valence-electron chi connectivity index (χ3n) is 2.43. The van der Waals surface area contributed by atoms with Crippen LogP contribution in [0.3, 0.4) is 0 Å². The van der Waals surface area contributed by atoms with Crippen LogP contribution in [0.5, 0.6) is 0 Å². The Bertz CT molecular complexity index is 130. The maximum Gasteiger partial charge on any atom is 0.293 e. The van der Waals surface area contributed by atoms with Crippen LogP contribution in [0.1, 0.15) is 32.1 Å². The zero-order chi connectivity index (χ0) is 8.16. The van der Waals surface area contributed by atoms with Gasteiger partial charge in [0, 0.05) is 6.54 Å². The molecule has 1 rings (SSSR count). The summed E-state index contributed by atoms with van der Waals surface area (Å²) in [5.74, 6) is 0. The van der Waals surface area contributed by atoms with Crippen molar-refractivity contribution in [1.82, 2.24) is 0 Å². The van der Waals surface area contributed by atoms with Crippen LogP contribution in [-0.2, 0) is 9.53 Å². The third-order valence-corrected chi connectivity index (χ3v) is 2.43. The van der Waals surface area contributed by atoms with Gasteiger partial charge in [0.25, 0.3) is 6.47 Å². The van der Waals surface area contributed by atoms with Crippen LogP contribution in [0.15, 0.2) is 0 Å². The maximum absolute atomic E-state index is 10.2. The largest absolute Gasteiger partial charge is 0.460 e. The maximum atomic E-state index is 10.2. The molecule has 3 nitrogen and oxygen atoms in total. The molecule has 0 bridgehead atoms. The van der Waals surface area contributed by atoms with Crippen molar-refractivity contribution in [3.63, 3.8) is 0 Å². The molecule has 0 heterocycles. The van der Waals surface area contributed by atoms with Crippen LogP contribution >= 0.6 is 0 Å². The van der Waals surface area contributed by atoms with Gasteiger partial charge in [0.15, 0.2) is 0 Å². The zero-order valence-electron chi connectivity index (χ0n) is 6.71. The van der Waals surface area contributed by atoms with Crippen molar-refractivity contribution in [1.29, 1.82) is 0 Å². The van der Waals surface area contributed by atoms with E-state index in [0.29, 0.717) is 13.0 Å². The van der Waals surface area contributed by atoms with Crippen molar-refractivity contribution in [2.45, 2.75) is 37.7 Å². The lowest BCUT2D eigenvalue weighted by Crippen LogP contribution is -2.42. The first-order valence-corrected chi connectivity index (χ1v) is 4.14. The van der Waals surface area contributed by atoms with Crippen LogP contribution in [0, 0.1) is 0 Å². The number of nitrogens with two attached hydrogens (primary N) is 1. The van der Waals surface area contributed by atoms with Crippen LogP contribution in [0.4, 0.5) is 0 Å². The predicted molar refractivity (Wildman–Crippen MR) is 42.0 cm³/mol. The van der Waals surface area contributed by atoms with E-state index in [-0.39, 0.29) is 5.60 Å². The molecule has 2 N–H and O–H groups in total. The molecule has 0 aromatic carbocycles. The lowest BCUT2D eigenvalue weighted by Gasteiger charge is -2.33. The lowest BCUT2D eigenvalue weighted by molar-refractivity contribution is -0.145. The highest BCUT2D eigenvalue weighted by Crippen LogP contribution is 2.29. The minimum absolute atomic E-state index is 0.319. The van der Waals surface area contributed by atoms with Crippen molar-refractivity contribution >= 4 is 6.47 Å². The van der Waals surface area contributed by atoms with E-state index in [2.05, 4.69) is 0 Å². The van der Waals surface area contributed by atoms with Crippen molar-refractivity contribution < 1.29 is 9.53 Å². The standard InChI is InChI=1S/C8H15NO2/c9-6-8(11-7-10)4-2-1-3-5-8/h7H,1-6,9H2. The Morgan fingerprint density at radius 2 is 2.00 bits per heavy atom. The van der Waals surface area contributed by atoms with E-state index in [0.717, 1.165) is 25.7 Å². The summed E-state index contributed by atoms with van der Waals surface area (Å²) in [5.41, 5.74) is 5.22. The topological polar surface area (TPSA) is 52.3 Å². The molecule has 11 heavy (non-hydrogen) atoms. The molecule has 3 heteroatoms. The summed E-state index contributed by atoms with van der Waals surface area (Å²) in [7, 11) is 0. The van der Waals surface area contributed by atoms with Gasteiger partial charge in [-0.05, 0) is 25.7 Å². The van der Waals surface area contributed by atoms with Crippen LogP contribution in [0.25, 0.3) is 0 Å². The van der Waals surface area contributed by atoms with Crippen LogP contribution < -0.4 is 5.73 Å². The molecule has 0 amide bonds. The molecular formula is C8H15NO2. The van der Waals surface area contributed by atoms with Crippen LogP contribution in [-0.4, -0.2) is 18.6 Å². The molecule has 0 aliphatic heterocycles. The highest BCUT2D eigenvalue weighted by atomic mass is 16.5. The molecule has 0 aromatic heterocycles. The molecule has 1 saturated carbocycles. The molecule has 1 aliphatic rings. The SMILES string of the molecule is NCC1(OC=O)CCCCC1. The summed E-state index contributed by atoms with van der Waals surface area (Å²) in [6.45, 7) is 0.990. The second-order valence-corrected chi connectivity index (χ2v) is 3.16. The second kappa shape index (κ2) is 3.72. The third kappa shape index (κ3) is 1.93. The van der Waals surface area contributed by atoms with E-state index >= 15 is 0 Å². The number of carbonyl (C=O) groups excluding carboxylic acids is 1. The molecule has 0 atom stereocenters. The first kappa shape index (κ1) is 8.53. The summed E-state index contributed by atoms with van der Waals surface area (Å²) in [6.07, 6.45) is 5.37. The van der Waals surface area contributed by atoms with E-state index in [1.165, 1.54) is 6.42 Å². The Balaban J connectivity index is 2.49. The van der Waals surface area contributed by atoms with Crippen molar-refractivity contribution in [3.8, 4) is 0 Å². The van der Waals surface area contributed by atoms with Crippen molar-refractivity contribution in [2.75, 3.05) is 6.54 Å². The Hall–Kier alpha value is -0.570. The molecule has 0 radical (unpaired) electrons. The van der Waals surface area contributed by atoms with Crippen molar-refractivity contribution in [3.05, 3.63) is 0 Å². The minimum atomic E-state index is -0.319. The Morgan fingerprint density at radius 1 is 1.36 bits per heavy atom. The number of hydrogen-bond donors (Lipinski definition) is 1. The first-order chi connectivity index (χ1) is 5.33. The first-order valence-electron chi connectivity index (χ1n) is 4.14. The van der Waals surface area contributed by atoms with Crippen molar-refractivity contribution in [2.24, 2.45) is 5.73 Å².